The van der Waals surface area contributed by atoms with Crippen LogP contribution in [-0.2, 0) is 0 Å². The van der Waals surface area contributed by atoms with Crippen LogP contribution in [0.1, 0.15) is 30.9 Å². The second-order valence-electron chi connectivity index (χ2n) is 3.56. The van der Waals surface area contributed by atoms with E-state index in [1.165, 1.54) is 0 Å². The van der Waals surface area contributed by atoms with Gasteiger partial charge in [0.05, 0.1) is 0 Å². The maximum absolute atomic E-state index is 6.08. The van der Waals surface area contributed by atoms with Crippen molar-refractivity contribution in [3.05, 3.63) is 33.3 Å². The Morgan fingerprint density at radius 1 is 1.33 bits per heavy atom. The second kappa shape index (κ2) is 6.48. The number of hydrogen-bond acceptors (Lipinski definition) is 2. The molecule has 0 spiro atoms. The van der Waals surface area contributed by atoms with Crippen LogP contribution in [0.5, 0.6) is 0 Å². The van der Waals surface area contributed by atoms with Crippen molar-refractivity contribution >= 4 is 27.5 Å². The van der Waals surface area contributed by atoms with E-state index in [1.54, 1.807) is 0 Å². The molecule has 4 N–H and O–H groups in total. The summed E-state index contributed by atoms with van der Waals surface area (Å²) in [4.78, 5) is 0. The first kappa shape index (κ1) is 13.0. The Bertz CT molecular complexity index is 317. The van der Waals surface area contributed by atoms with Gasteiger partial charge in [0.2, 0.25) is 0 Å². The molecule has 0 heterocycles. The highest BCUT2D eigenvalue weighted by atomic mass is 79.9. The first-order valence-corrected chi connectivity index (χ1v) is 6.23. The van der Waals surface area contributed by atoms with Crippen LogP contribution in [0, 0.1) is 0 Å². The summed E-state index contributed by atoms with van der Waals surface area (Å²) in [5, 5.41) is 0.725. The average molecular weight is 292 g/mol. The van der Waals surface area contributed by atoms with E-state index in [4.69, 9.17) is 23.1 Å². The van der Waals surface area contributed by atoms with E-state index in [0.29, 0.717) is 0 Å². The molecule has 15 heavy (non-hydrogen) atoms. The van der Waals surface area contributed by atoms with Gasteiger partial charge in [0.15, 0.2) is 0 Å². The first-order chi connectivity index (χ1) is 7.15. The molecule has 0 saturated carbocycles. The standard InChI is InChI=1S/C11H16BrClN2/c12-10-5-4-8(13)7-9(10)11(15)3-1-2-6-14/h4-5,7,11H,1-3,6,14-15H2/t11-/m1/s1. The molecule has 0 radical (unpaired) electrons. The molecule has 0 amide bonds. The van der Waals surface area contributed by atoms with Gasteiger partial charge in [-0.25, -0.2) is 0 Å². The van der Waals surface area contributed by atoms with Gasteiger partial charge in [0.1, 0.15) is 0 Å². The van der Waals surface area contributed by atoms with E-state index in [9.17, 15) is 0 Å². The Morgan fingerprint density at radius 2 is 2.07 bits per heavy atom. The third-order valence-electron chi connectivity index (χ3n) is 2.33. The number of halogens is 2. The van der Waals surface area contributed by atoms with Crippen LogP contribution in [0.15, 0.2) is 22.7 Å². The normalized spacial score (nSPS) is 12.8. The predicted molar refractivity (Wildman–Crippen MR) is 69.0 cm³/mol. The van der Waals surface area contributed by atoms with Gasteiger partial charge in [0, 0.05) is 15.5 Å². The third kappa shape index (κ3) is 4.11. The lowest BCUT2D eigenvalue weighted by Crippen LogP contribution is -2.11. The van der Waals surface area contributed by atoms with Gasteiger partial charge >= 0.3 is 0 Å². The summed E-state index contributed by atoms with van der Waals surface area (Å²) >= 11 is 9.40. The molecule has 0 aliphatic rings. The van der Waals surface area contributed by atoms with Crippen LogP contribution in [0.25, 0.3) is 0 Å². The number of hydrogen-bond donors (Lipinski definition) is 2. The van der Waals surface area contributed by atoms with Crippen LogP contribution >= 0.6 is 27.5 Å². The van der Waals surface area contributed by atoms with Crippen LogP contribution in [0.4, 0.5) is 0 Å². The number of nitrogens with two attached hydrogens (primary N) is 2. The van der Waals surface area contributed by atoms with Gasteiger partial charge in [-0.3, -0.25) is 0 Å². The van der Waals surface area contributed by atoms with E-state index < -0.39 is 0 Å². The van der Waals surface area contributed by atoms with Gasteiger partial charge in [-0.2, -0.15) is 0 Å². The van der Waals surface area contributed by atoms with Crippen LogP contribution in [0.3, 0.4) is 0 Å². The molecule has 1 aromatic carbocycles. The fourth-order valence-electron chi connectivity index (χ4n) is 1.46. The van der Waals surface area contributed by atoms with E-state index in [-0.39, 0.29) is 6.04 Å². The van der Waals surface area contributed by atoms with Gasteiger partial charge in [0.25, 0.3) is 0 Å². The van der Waals surface area contributed by atoms with Crippen molar-refractivity contribution in [2.24, 2.45) is 11.5 Å². The fraction of sp³-hybridized carbons (Fsp3) is 0.455. The predicted octanol–water partition coefficient (Wildman–Crippen LogP) is 3.23. The molecular weight excluding hydrogens is 275 g/mol. The Hall–Kier alpha value is -0.0900. The monoisotopic (exact) mass is 290 g/mol. The molecule has 0 aliphatic heterocycles. The van der Waals surface area contributed by atoms with E-state index in [2.05, 4.69) is 15.9 Å². The molecule has 0 aromatic heterocycles. The molecule has 0 saturated heterocycles. The maximum Gasteiger partial charge on any atom is 0.0410 e. The summed E-state index contributed by atoms with van der Waals surface area (Å²) in [6, 6.07) is 5.73. The fourth-order valence-corrected chi connectivity index (χ4v) is 2.18. The smallest absolute Gasteiger partial charge is 0.0410 e. The summed E-state index contributed by atoms with van der Waals surface area (Å²) in [7, 11) is 0. The first-order valence-electron chi connectivity index (χ1n) is 5.05. The highest BCUT2D eigenvalue weighted by Gasteiger charge is 2.09. The van der Waals surface area contributed by atoms with Gasteiger partial charge in [-0.05, 0) is 43.1 Å². The van der Waals surface area contributed by atoms with Crippen LogP contribution in [0.2, 0.25) is 5.02 Å². The zero-order chi connectivity index (χ0) is 11.3. The van der Waals surface area contributed by atoms with Crippen molar-refractivity contribution in [2.75, 3.05) is 6.54 Å². The summed E-state index contributed by atoms with van der Waals surface area (Å²) in [6.07, 6.45) is 3.01. The topological polar surface area (TPSA) is 52.0 Å². The molecule has 1 aromatic rings. The molecule has 1 rings (SSSR count). The molecule has 0 unspecified atom stereocenters. The van der Waals surface area contributed by atoms with E-state index >= 15 is 0 Å². The van der Waals surface area contributed by atoms with Crippen molar-refractivity contribution in [2.45, 2.75) is 25.3 Å². The third-order valence-corrected chi connectivity index (χ3v) is 3.28. The van der Waals surface area contributed by atoms with E-state index in [1.807, 2.05) is 18.2 Å². The van der Waals surface area contributed by atoms with Crippen LogP contribution in [-0.4, -0.2) is 6.54 Å². The van der Waals surface area contributed by atoms with Crippen molar-refractivity contribution in [3.8, 4) is 0 Å². The lowest BCUT2D eigenvalue weighted by Gasteiger charge is -2.13. The Balaban J connectivity index is 2.64. The minimum Gasteiger partial charge on any atom is -0.330 e. The maximum atomic E-state index is 6.08. The zero-order valence-electron chi connectivity index (χ0n) is 8.55. The summed E-state index contributed by atoms with van der Waals surface area (Å²) in [5.74, 6) is 0. The number of benzene rings is 1. The molecular formula is C11H16BrClN2. The van der Waals surface area contributed by atoms with Crippen LogP contribution < -0.4 is 11.5 Å². The SMILES string of the molecule is NCCCC[C@@H](N)c1cc(Cl)ccc1Br. The molecule has 0 fully saturated rings. The lowest BCUT2D eigenvalue weighted by molar-refractivity contribution is 0.589. The van der Waals surface area contributed by atoms with Crippen molar-refractivity contribution in [1.29, 1.82) is 0 Å². The zero-order valence-corrected chi connectivity index (χ0v) is 10.9. The summed E-state index contributed by atoms with van der Waals surface area (Å²) < 4.78 is 1.02. The quantitative estimate of drug-likeness (QED) is 0.818. The summed E-state index contributed by atoms with van der Waals surface area (Å²) in [5.41, 5.74) is 12.6. The van der Waals surface area contributed by atoms with E-state index in [0.717, 1.165) is 40.9 Å². The molecule has 2 nitrogen and oxygen atoms in total. The Morgan fingerprint density at radius 3 is 2.73 bits per heavy atom. The number of rotatable bonds is 5. The van der Waals surface area contributed by atoms with Crippen molar-refractivity contribution < 1.29 is 0 Å². The van der Waals surface area contributed by atoms with Gasteiger partial charge < -0.3 is 11.5 Å². The highest BCUT2D eigenvalue weighted by Crippen LogP contribution is 2.27. The Kier molecular flexibility index (Phi) is 5.61. The molecule has 0 aliphatic carbocycles. The highest BCUT2D eigenvalue weighted by molar-refractivity contribution is 9.10. The molecule has 0 bridgehead atoms. The Labute approximate surface area is 104 Å². The van der Waals surface area contributed by atoms with Crippen molar-refractivity contribution in [1.82, 2.24) is 0 Å². The second-order valence-corrected chi connectivity index (χ2v) is 4.85. The lowest BCUT2D eigenvalue weighted by atomic mass is 10.0. The number of unbranched alkanes of at least 4 members (excludes halogenated alkanes) is 1. The summed E-state index contributed by atoms with van der Waals surface area (Å²) in [6.45, 7) is 0.726. The average Bonchev–Trinajstić information content (AvgIpc) is 2.22. The molecule has 84 valence electrons. The minimum atomic E-state index is 0.0321. The van der Waals surface area contributed by atoms with Gasteiger partial charge in [-0.15, -0.1) is 0 Å². The minimum absolute atomic E-state index is 0.0321. The van der Waals surface area contributed by atoms with Gasteiger partial charge in [-0.1, -0.05) is 34.0 Å². The largest absolute Gasteiger partial charge is 0.330 e. The molecule has 1 atom stereocenters. The molecule has 4 heteroatoms. The van der Waals surface area contributed by atoms with Crippen molar-refractivity contribution in [3.63, 3.8) is 0 Å².